The Morgan fingerprint density at radius 1 is 1.50 bits per heavy atom. The lowest BCUT2D eigenvalue weighted by atomic mass is 9.99. The molecular formula is C13H21N3. The van der Waals surface area contributed by atoms with Crippen LogP contribution in [-0.2, 0) is 0 Å². The Morgan fingerprint density at radius 2 is 2.38 bits per heavy atom. The number of pyridine rings is 1. The number of nitrogens with one attached hydrogen (secondary N) is 1. The van der Waals surface area contributed by atoms with Crippen LogP contribution in [0.2, 0.25) is 0 Å². The van der Waals surface area contributed by atoms with Crippen molar-refractivity contribution in [3.8, 4) is 0 Å². The zero-order valence-electron chi connectivity index (χ0n) is 10.2. The maximum Gasteiger partial charge on any atom is 0.128 e. The maximum atomic E-state index is 4.54. The fraction of sp³-hybridized carbons (Fsp3) is 0.615. The predicted molar refractivity (Wildman–Crippen MR) is 67.8 cm³/mol. The van der Waals surface area contributed by atoms with E-state index < -0.39 is 0 Å². The molecule has 2 heterocycles. The molecule has 0 saturated carbocycles. The zero-order chi connectivity index (χ0) is 11.4. The lowest BCUT2D eigenvalue weighted by Crippen LogP contribution is -2.37. The molecule has 1 saturated heterocycles. The Bertz CT molecular complexity index is 332. The molecule has 1 unspecified atom stereocenters. The maximum absolute atomic E-state index is 4.54. The van der Waals surface area contributed by atoms with Crippen LogP contribution in [0, 0.1) is 12.8 Å². The van der Waals surface area contributed by atoms with Crippen molar-refractivity contribution < 1.29 is 0 Å². The first-order valence-corrected chi connectivity index (χ1v) is 6.11. The standard InChI is InChI=1S/C13H21N3/c1-11-5-3-7-13(15-11)16(2)10-12-6-4-8-14-9-12/h3,5,7,12,14H,4,6,8-10H2,1-2H3. The van der Waals surface area contributed by atoms with E-state index >= 15 is 0 Å². The van der Waals surface area contributed by atoms with Crippen LogP contribution in [0.25, 0.3) is 0 Å². The summed E-state index contributed by atoms with van der Waals surface area (Å²) in [5.41, 5.74) is 1.09. The Hall–Kier alpha value is -1.09. The van der Waals surface area contributed by atoms with Crippen LogP contribution in [0.1, 0.15) is 18.5 Å². The van der Waals surface area contributed by atoms with Crippen LogP contribution in [0.15, 0.2) is 18.2 Å². The summed E-state index contributed by atoms with van der Waals surface area (Å²) < 4.78 is 0. The van der Waals surface area contributed by atoms with Gasteiger partial charge in [0.2, 0.25) is 0 Å². The molecule has 1 aromatic heterocycles. The third kappa shape index (κ3) is 2.95. The van der Waals surface area contributed by atoms with Crippen LogP contribution in [0.3, 0.4) is 0 Å². The summed E-state index contributed by atoms with van der Waals surface area (Å²) in [5.74, 6) is 1.85. The average Bonchev–Trinajstić information content (AvgIpc) is 2.30. The number of hydrogen-bond acceptors (Lipinski definition) is 3. The normalized spacial score (nSPS) is 20.8. The molecule has 0 aliphatic carbocycles. The highest BCUT2D eigenvalue weighted by atomic mass is 15.2. The Morgan fingerprint density at radius 3 is 3.06 bits per heavy atom. The van der Waals surface area contributed by atoms with Gasteiger partial charge in [0.25, 0.3) is 0 Å². The number of rotatable bonds is 3. The van der Waals surface area contributed by atoms with Crippen LogP contribution in [0.4, 0.5) is 5.82 Å². The minimum atomic E-state index is 0.765. The SMILES string of the molecule is Cc1cccc(N(C)CC2CCCNC2)n1. The molecule has 16 heavy (non-hydrogen) atoms. The van der Waals surface area contributed by atoms with Crippen molar-refractivity contribution in [3.05, 3.63) is 23.9 Å². The van der Waals surface area contributed by atoms with Gasteiger partial charge in [-0.3, -0.25) is 0 Å². The quantitative estimate of drug-likeness (QED) is 0.840. The van der Waals surface area contributed by atoms with Crippen molar-refractivity contribution in [1.29, 1.82) is 0 Å². The molecule has 1 aromatic rings. The van der Waals surface area contributed by atoms with E-state index in [9.17, 15) is 0 Å². The van der Waals surface area contributed by atoms with Gasteiger partial charge >= 0.3 is 0 Å². The summed E-state index contributed by atoms with van der Waals surface area (Å²) in [4.78, 5) is 6.81. The molecule has 3 heteroatoms. The van der Waals surface area contributed by atoms with E-state index in [0.29, 0.717) is 0 Å². The molecule has 2 rings (SSSR count). The van der Waals surface area contributed by atoms with Crippen LogP contribution in [-0.4, -0.2) is 31.7 Å². The van der Waals surface area contributed by atoms with Crippen molar-refractivity contribution in [2.45, 2.75) is 19.8 Å². The molecule has 3 nitrogen and oxygen atoms in total. The van der Waals surface area contributed by atoms with Gasteiger partial charge in [-0.1, -0.05) is 6.07 Å². The summed E-state index contributed by atoms with van der Waals surface area (Å²) in [6.07, 6.45) is 2.64. The lowest BCUT2D eigenvalue weighted by molar-refractivity contribution is 0.380. The van der Waals surface area contributed by atoms with E-state index in [-0.39, 0.29) is 0 Å². The van der Waals surface area contributed by atoms with E-state index in [1.807, 2.05) is 13.0 Å². The number of anilines is 1. The first-order chi connectivity index (χ1) is 7.75. The van der Waals surface area contributed by atoms with Gasteiger partial charge in [-0.05, 0) is 50.9 Å². The van der Waals surface area contributed by atoms with Gasteiger partial charge in [0, 0.05) is 19.3 Å². The number of aryl methyl sites for hydroxylation is 1. The van der Waals surface area contributed by atoms with Gasteiger partial charge < -0.3 is 10.2 Å². The van der Waals surface area contributed by atoms with E-state index in [2.05, 4.69) is 34.4 Å². The Labute approximate surface area is 97.9 Å². The van der Waals surface area contributed by atoms with Gasteiger partial charge in [0.15, 0.2) is 0 Å². The second kappa shape index (κ2) is 5.30. The van der Waals surface area contributed by atoms with Crippen molar-refractivity contribution in [2.24, 2.45) is 5.92 Å². The molecule has 0 radical (unpaired) electrons. The Balaban J connectivity index is 1.94. The summed E-state index contributed by atoms with van der Waals surface area (Å²) in [6.45, 7) is 5.47. The fourth-order valence-corrected chi connectivity index (χ4v) is 2.30. The van der Waals surface area contributed by atoms with E-state index in [4.69, 9.17) is 0 Å². The highest BCUT2D eigenvalue weighted by molar-refractivity contribution is 5.38. The predicted octanol–water partition coefficient (Wildman–Crippen LogP) is 1.83. The third-order valence-corrected chi connectivity index (χ3v) is 3.20. The number of piperidine rings is 1. The van der Waals surface area contributed by atoms with Gasteiger partial charge in [0.1, 0.15) is 5.82 Å². The topological polar surface area (TPSA) is 28.2 Å². The number of hydrogen-bond donors (Lipinski definition) is 1. The molecule has 1 atom stereocenters. The number of nitrogens with zero attached hydrogens (tertiary/aromatic N) is 2. The van der Waals surface area contributed by atoms with Crippen molar-refractivity contribution in [1.82, 2.24) is 10.3 Å². The van der Waals surface area contributed by atoms with E-state index in [1.54, 1.807) is 0 Å². The molecule has 1 fully saturated rings. The molecular weight excluding hydrogens is 198 g/mol. The van der Waals surface area contributed by atoms with Crippen LogP contribution >= 0.6 is 0 Å². The molecule has 0 amide bonds. The van der Waals surface area contributed by atoms with E-state index in [0.717, 1.165) is 30.5 Å². The van der Waals surface area contributed by atoms with Crippen molar-refractivity contribution in [3.63, 3.8) is 0 Å². The van der Waals surface area contributed by atoms with E-state index in [1.165, 1.54) is 19.4 Å². The minimum absolute atomic E-state index is 0.765. The molecule has 0 aromatic carbocycles. The molecule has 1 N–H and O–H groups in total. The summed E-state index contributed by atoms with van der Waals surface area (Å²) in [5, 5.41) is 3.46. The zero-order valence-corrected chi connectivity index (χ0v) is 10.2. The van der Waals surface area contributed by atoms with Crippen LogP contribution < -0.4 is 10.2 Å². The lowest BCUT2D eigenvalue weighted by Gasteiger charge is -2.28. The average molecular weight is 219 g/mol. The minimum Gasteiger partial charge on any atom is -0.359 e. The largest absolute Gasteiger partial charge is 0.359 e. The summed E-state index contributed by atoms with van der Waals surface area (Å²) in [6, 6.07) is 6.20. The fourth-order valence-electron chi connectivity index (χ4n) is 2.30. The monoisotopic (exact) mass is 219 g/mol. The van der Waals surface area contributed by atoms with Gasteiger partial charge in [0.05, 0.1) is 0 Å². The highest BCUT2D eigenvalue weighted by Crippen LogP contribution is 2.15. The molecule has 1 aliphatic rings. The van der Waals surface area contributed by atoms with Crippen LogP contribution in [0.5, 0.6) is 0 Å². The van der Waals surface area contributed by atoms with Crippen molar-refractivity contribution >= 4 is 5.82 Å². The van der Waals surface area contributed by atoms with Gasteiger partial charge in [-0.2, -0.15) is 0 Å². The smallest absolute Gasteiger partial charge is 0.128 e. The third-order valence-electron chi connectivity index (χ3n) is 3.20. The first kappa shape index (κ1) is 11.4. The van der Waals surface area contributed by atoms with Gasteiger partial charge in [-0.25, -0.2) is 4.98 Å². The second-order valence-electron chi connectivity index (χ2n) is 4.73. The molecule has 88 valence electrons. The molecule has 0 bridgehead atoms. The first-order valence-electron chi connectivity index (χ1n) is 6.11. The molecule has 1 aliphatic heterocycles. The Kier molecular flexibility index (Phi) is 3.78. The highest BCUT2D eigenvalue weighted by Gasteiger charge is 2.15. The van der Waals surface area contributed by atoms with Crippen molar-refractivity contribution in [2.75, 3.05) is 31.6 Å². The summed E-state index contributed by atoms with van der Waals surface area (Å²) >= 11 is 0. The second-order valence-corrected chi connectivity index (χ2v) is 4.73. The van der Waals surface area contributed by atoms with Gasteiger partial charge in [-0.15, -0.1) is 0 Å². The summed E-state index contributed by atoms with van der Waals surface area (Å²) in [7, 11) is 2.14. The number of aromatic nitrogens is 1. The molecule has 0 spiro atoms.